The molecule has 1 rings (SSSR count). The minimum atomic E-state index is -0.507. The lowest BCUT2D eigenvalue weighted by Gasteiger charge is -2.23. The first-order chi connectivity index (χ1) is 9.53. The Morgan fingerprint density at radius 3 is 2.55 bits per heavy atom. The van der Waals surface area contributed by atoms with Crippen LogP contribution < -0.4 is 10.6 Å². The molecule has 0 aromatic carbocycles. The summed E-state index contributed by atoms with van der Waals surface area (Å²) in [5, 5.41) is 5.91. The summed E-state index contributed by atoms with van der Waals surface area (Å²) in [5.74, 6) is 0.0468. The fourth-order valence-electron chi connectivity index (χ4n) is 2.32. The van der Waals surface area contributed by atoms with Gasteiger partial charge in [0, 0.05) is 12.6 Å². The maximum Gasteiger partial charge on any atom is 0.255 e. The van der Waals surface area contributed by atoms with Gasteiger partial charge in [0.15, 0.2) is 0 Å². The Balaban J connectivity index is 2.88. The second kappa shape index (κ2) is 7.82. The number of carbonyl (C=O) groups excluding carboxylic acids is 1. The van der Waals surface area contributed by atoms with Gasteiger partial charge in [0.25, 0.3) is 5.91 Å². The van der Waals surface area contributed by atoms with E-state index in [1.54, 1.807) is 0 Å². The molecule has 0 aliphatic carbocycles. The topological polar surface area (TPSA) is 54.0 Å². The molecule has 0 saturated heterocycles. The van der Waals surface area contributed by atoms with Crippen molar-refractivity contribution in [3.05, 3.63) is 23.6 Å². The highest BCUT2D eigenvalue weighted by Crippen LogP contribution is 2.16. The van der Waals surface area contributed by atoms with Gasteiger partial charge in [0.1, 0.15) is 11.6 Å². The van der Waals surface area contributed by atoms with Gasteiger partial charge in [-0.1, -0.05) is 26.7 Å². The third-order valence-corrected chi connectivity index (χ3v) is 3.56. The minimum absolute atomic E-state index is 0.0512. The van der Waals surface area contributed by atoms with Gasteiger partial charge in [-0.15, -0.1) is 0 Å². The van der Waals surface area contributed by atoms with Crippen LogP contribution in [0.15, 0.2) is 12.3 Å². The van der Waals surface area contributed by atoms with Gasteiger partial charge in [0.05, 0.1) is 11.8 Å². The number of aromatic nitrogens is 1. The van der Waals surface area contributed by atoms with Crippen LogP contribution in [0.3, 0.4) is 0 Å². The van der Waals surface area contributed by atoms with Crippen molar-refractivity contribution >= 4 is 11.7 Å². The Morgan fingerprint density at radius 2 is 2.00 bits per heavy atom. The molecule has 1 aromatic heterocycles. The van der Waals surface area contributed by atoms with E-state index in [0.29, 0.717) is 18.3 Å². The second-order valence-corrected chi connectivity index (χ2v) is 4.92. The molecule has 0 radical (unpaired) electrons. The van der Waals surface area contributed by atoms with Crippen LogP contribution in [0.2, 0.25) is 0 Å². The molecular weight excluding hydrogens is 257 g/mol. The highest BCUT2D eigenvalue weighted by Gasteiger charge is 2.19. The third kappa shape index (κ3) is 4.18. The first-order valence-corrected chi connectivity index (χ1v) is 7.23. The molecule has 0 spiro atoms. The SMILES string of the molecule is CCNc1ncc(F)cc1C(=O)NC(C)C(CC)CC. The third-order valence-electron chi connectivity index (χ3n) is 3.56. The van der Waals surface area contributed by atoms with Gasteiger partial charge in [0.2, 0.25) is 0 Å². The molecule has 2 N–H and O–H groups in total. The van der Waals surface area contributed by atoms with Crippen LogP contribution in [-0.2, 0) is 0 Å². The zero-order chi connectivity index (χ0) is 15.1. The van der Waals surface area contributed by atoms with E-state index in [-0.39, 0.29) is 17.5 Å². The zero-order valence-corrected chi connectivity index (χ0v) is 12.7. The summed E-state index contributed by atoms with van der Waals surface area (Å²) >= 11 is 0. The molecule has 0 aliphatic rings. The summed E-state index contributed by atoms with van der Waals surface area (Å²) in [6, 6.07) is 1.27. The quantitative estimate of drug-likeness (QED) is 0.807. The molecule has 112 valence electrons. The molecule has 20 heavy (non-hydrogen) atoms. The van der Waals surface area contributed by atoms with E-state index in [2.05, 4.69) is 29.5 Å². The van der Waals surface area contributed by atoms with E-state index in [9.17, 15) is 9.18 Å². The van der Waals surface area contributed by atoms with Crippen molar-refractivity contribution in [3.8, 4) is 0 Å². The lowest BCUT2D eigenvalue weighted by atomic mass is 9.95. The molecule has 0 saturated carbocycles. The van der Waals surface area contributed by atoms with Crippen molar-refractivity contribution < 1.29 is 9.18 Å². The fraction of sp³-hybridized carbons (Fsp3) is 0.600. The van der Waals surface area contributed by atoms with Crippen LogP contribution in [-0.4, -0.2) is 23.5 Å². The van der Waals surface area contributed by atoms with Crippen molar-refractivity contribution in [1.82, 2.24) is 10.3 Å². The van der Waals surface area contributed by atoms with Gasteiger partial charge in [-0.05, 0) is 25.8 Å². The lowest BCUT2D eigenvalue weighted by molar-refractivity contribution is 0.0925. The van der Waals surface area contributed by atoms with E-state index in [0.717, 1.165) is 19.0 Å². The first-order valence-electron chi connectivity index (χ1n) is 7.23. The lowest BCUT2D eigenvalue weighted by Crippen LogP contribution is -2.38. The number of amides is 1. The number of halogens is 1. The molecule has 0 fully saturated rings. The molecule has 0 aliphatic heterocycles. The second-order valence-electron chi connectivity index (χ2n) is 4.92. The van der Waals surface area contributed by atoms with Crippen LogP contribution in [0, 0.1) is 11.7 Å². The number of hydrogen-bond acceptors (Lipinski definition) is 3. The molecule has 1 heterocycles. The van der Waals surface area contributed by atoms with Gasteiger partial charge in [-0.3, -0.25) is 4.79 Å². The number of anilines is 1. The fourth-order valence-corrected chi connectivity index (χ4v) is 2.32. The van der Waals surface area contributed by atoms with E-state index in [4.69, 9.17) is 0 Å². The van der Waals surface area contributed by atoms with Crippen LogP contribution in [0.25, 0.3) is 0 Å². The van der Waals surface area contributed by atoms with Gasteiger partial charge in [-0.25, -0.2) is 9.37 Å². The van der Waals surface area contributed by atoms with Gasteiger partial charge < -0.3 is 10.6 Å². The van der Waals surface area contributed by atoms with Crippen LogP contribution in [0.1, 0.15) is 50.9 Å². The monoisotopic (exact) mass is 281 g/mol. The van der Waals surface area contributed by atoms with E-state index >= 15 is 0 Å². The molecule has 5 heteroatoms. The smallest absolute Gasteiger partial charge is 0.255 e. The summed E-state index contributed by atoms with van der Waals surface area (Å²) in [7, 11) is 0. The highest BCUT2D eigenvalue weighted by atomic mass is 19.1. The molecule has 1 unspecified atom stereocenters. The van der Waals surface area contributed by atoms with Crippen molar-refractivity contribution in [1.29, 1.82) is 0 Å². The number of carbonyl (C=O) groups is 1. The summed E-state index contributed by atoms with van der Waals surface area (Å²) in [6.45, 7) is 8.71. The predicted molar refractivity (Wildman–Crippen MR) is 79.4 cm³/mol. The van der Waals surface area contributed by atoms with Gasteiger partial charge in [-0.2, -0.15) is 0 Å². The molecule has 1 atom stereocenters. The Morgan fingerprint density at radius 1 is 1.35 bits per heavy atom. The summed E-state index contributed by atoms with van der Waals surface area (Å²) in [5.41, 5.74) is 0.254. The van der Waals surface area contributed by atoms with Gasteiger partial charge >= 0.3 is 0 Å². The van der Waals surface area contributed by atoms with Crippen LogP contribution in [0.5, 0.6) is 0 Å². The van der Waals surface area contributed by atoms with Crippen molar-refractivity contribution in [3.63, 3.8) is 0 Å². The molecule has 0 bridgehead atoms. The van der Waals surface area contributed by atoms with Crippen molar-refractivity contribution in [2.45, 2.75) is 46.6 Å². The number of nitrogens with zero attached hydrogens (tertiary/aromatic N) is 1. The first kappa shape index (κ1) is 16.4. The minimum Gasteiger partial charge on any atom is -0.370 e. The Bertz CT molecular complexity index is 447. The Kier molecular flexibility index (Phi) is 6.42. The normalized spacial score (nSPS) is 12.3. The average Bonchev–Trinajstić information content (AvgIpc) is 2.42. The predicted octanol–water partition coefficient (Wildman–Crippen LogP) is 3.21. The number of hydrogen-bond donors (Lipinski definition) is 2. The average molecular weight is 281 g/mol. The number of rotatable bonds is 7. The molecule has 1 amide bonds. The molecular formula is C15H24FN3O. The standard InChI is InChI=1S/C15H24FN3O/c1-5-11(6-2)10(4)19-15(20)13-8-12(16)9-18-14(13)17-7-3/h8-11H,5-7H2,1-4H3,(H,17,18)(H,19,20). The van der Waals surface area contributed by atoms with E-state index in [1.807, 2.05) is 13.8 Å². The van der Waals surface area contributed by atoms with Crippen LogP contribution in [0.4, 0.5) is 10.2 Å². The van der Waals surface area contributed by atoms with Crippen molar-refractivity contribution in [2.24, 2.45) is 5.92 Å². The highest BCUT2D eigenvalue weighted by molar-refractivity contribution is 5.98. The largest absolute Gasteiger partial charge is 0.370 e. The Labute approximate surface area is 120 Å². The zero-order valence-electron chi connectivity index (χ0n) is 12.7. The molecule has 4 nitrogen and oxygen atoms in total. The number of nitrogens with one attached hydrogen (secondary N) is 2. The van der Waals surface area contributed by atoms with Crippen LogP contribution >= 0.6 is 0 Å². The molecule has 1 aromatic rings. The maximum absolute atomic E-state index is 13.3. The van der Waals surface area contributed by atoms with Crippen molar-refractivity contribution in [2.75, 3.05) is 11.9 Å². The summed E-state index contributed by atoms with van der Waals surface area (Å²) in [6.07, 6.45) is 3.11. The summed E-state index contributed by atoms with van der Waals surface area (Å²) in [4.78, 5) is 16.2. The number of pyridine rings is 1. The Hall–Kier alpha value is -1.65. The maximum atomic E-state index is 13.3. The van der Waals surface area contributed by atoms with E-state index in [1.165, 1.54) is 6.07 Å². The van der Waals surface area contributed by atoms with E-state index < -0.39 is 5.82 Å². The summed E-state index contributed by atoms with van der Waals surface area (Å²) < 4.78 is 13.3.